The molecule has 0 fully saturated rings. The molecule has 1 aromatic carbocycles. The molecule has 0 saturated heterocycles. The average Bonchev–Trinajstić information content (AvgIpc) is 2.85. The van der Waals surface area contributed by atoms with Gasteiger partial charge in [-0.05, 0) is 30.2 Å². The summed E-state index contributed by atoms with van der Waals surface area (Å²) >= 11 is 0. The molecule has 0 radical (unpaired) electrons. The van der Waals surface area contributed by atoms with Crippen LogP contribution in [0, 0.1) is 11.3 Å². The largest absolute Gasteiger partial charge is 0.493 e. The van der Waals surface area contributed by atoms with Gasteiger partial charge in [0.1, 0.15) is 5.75 Å². The number of nitriles is 1. The van der Waals surface area contributed by atoms with Crippen molar-refractivity contribution in [2.24, 2.45) is 0 Å². The van der Waals surface area contributed by atoms with Gasteiger partial charge in [0.2, 0.25) is 0 Å². The third kappa shape index (κ3) is 3.48. The molecule has 3 nitrogen and oxygen atoms in total. The molecule has 1 aliphatic rings. The number of unbranched alkanes of at least 4 members (excludes halogenated alkanes) is 1. The van der Waals surface area contributed by atoms with E-state index >= 15 is 0 Å². The molecule has 3 heteroatoms. The number of ether oxygens (including phenoxy) is 1. The highest BCUT2D eigenvalue weighted by molar-refractivity contribution is 5.42. The first-order valence-electron chi connectivity index (χ1n) is 6.97. The third-order valence-corrected chi connectivity index (χ3v) is 3.68. The van der Waals surface area contributed by atoms with Gasteiger partial charge >= 0.3 is 0 Å². The molecule has 0 bridgehead atoms. The van der Waals surface area contributed by atoms with Gasteiger partial charge in [-0.2, -0.15) is 5.26 Å². The highest BCUT2D eigenvalue weighted by atomic mass is 16.5. The van der Waals surface area contributed by atoms with E-state index in [1.54, 1.807) is 0 Å². The second kappa shape index (κ2) is 6.08. The number of nitrogens with zero attached hydrogens (tertiary/aromatic N) is 1. The van der Waals surface area contributed by atoms with Crippen LogP contribution in [0.2, 0.25) is 0 Å². The Morgan fingerprint density at radius 3 is 3.05 bits per heavy atom. The van der Waals surface area contributed by atoms with Crippen LogP contribution in [0.1, 0.15) is 37.8 Å². The Morgan fingerprint density at radius 2 is 2.26 bits per heavy atom. The Balaban J connectivity index is 1.93. The lowest BCUT2D eigenvalue weighted by molar-refractivity contribution is 0.356. The van der Waals surface area contributed by atoms with Gasteiger partial charge in [-0.15, -0.1) is 0 Å². The summed E-state index contributed by atoms with van der Waals surface area (Å²) in [5, 5.41) is 11.9. The second-order valence-corrected chi connectivity index (χ2v) is 5.74. The minimum Gasteiger partial charge on any atom is -0.493 e. The van der Waals surface area contributed by atoms with E-state index < -0.39 is 0 Å². The van der Waals surface area contributed by atoms with Gasteiger partial charge in [0.25, 0.3) is 0 Å². The van der Waals surface area contributed by atoms with E-state index in [0.29, 0.717) is 6.42 Å². The van der Waals surface area contributed by atoms with Crippen LogP contribution < -0.4 is 10.1 Å². The lowest BCUT2D eigenvalue weighted by Gasteiger charge is -2.26. The van der Waals surface area contributed by atoms with Crippen molar-refractivity contribution in [2.45, 2.75) is 38.5 Å². The first-order valence-corrected chi connectivity index (χ1v) is 6.97. The predicted octanol–water partition coefficient (Wildman–Crippen LogP) is 2.79. The average molecular weight is 258 g/mol. The van der Waals surface area contributed by atoms with Gasteiger partial charge in [-0.25, -0.2) is 0 Å². The maximum atomic E-state index is 8.50. The molecule has 0 amide bonds. The molecular formula is C16H22N2O. The first-order chi connectivity index (χ1) is 9.13. The van der Waals surface area contributed by atoms with Crippen molar-refractivity contribution in [3.05, 3.63) is 29.3 Å². The maximum Gasteiger partial charge on any atom is 0.122 e. The van der Waals surface area contributed by atoms with Crippen LogP contribution in [-0.2, 0) is 11.8 Å². The normalized spacial score (nSPS) is 13.7. The predicted molar refractivity (Wildman–Crippen MR) is 76.4 cm³/mol. The van der Waals surface area contributed by atoms with E-state index in [2.05, 4.69) is 43.4 Å². The summed E-state index contributed by atoms with van der Waals surface area (Å²) in [6.45, 7) is 7.15. The SMILES string of the molecule is CC(C)(CNCCCC#N)c1ccc2c(c1)CCO2. The first kappa shape index (κ1) is 13.9. The zero-order chi connectivity index (χ0) is 13.7. The molecule has 1 aliphatic heterocycles. The van der Waals surface area contributed by atoms with E-state index in [1.165, 1.54) is 11.1 Å². The van der Waals surface area contributed by atoms with Crippen LogP contribution in [0.4, 0.5) is 0 Å². The van der Waals surface area contributed by atoms with E-state index in [0.717, 1.165) is 38.3 Å². The summed E-state index contributed by atoms with van der Waals surface area (Å²) in [4.78, 5) is 0. The van der Waals surface area contributed by atoms with Gasteiger partial charge in [0.15, 0.2) is 0 Å². The third-order valence-electron chi connectivity index (χ3n) is 3.68. The quantitative estimate of drug-likeness (QED) is 0.798. The molecule has 19 heavy (non-hydrogen) atoms. The van der Waals surface area contributed by atoms with Gasteiger partial charge in [-0.1, -0.05) is 26.0 Å². The number of hydrogen-bond donors (Lipinski definition) is 1. The van der Waals surface area contributed by atoms with Crippen LogP contribution in [0.5, 0.6) is 5.75 Å². The highest BCUT2D eigenvalue weighted by Crippen LogP contribution is 2.31. The highest BCUT2D eigenvalue weighted by Gasteiger charge is 2.22. The zero-order valence-corrected chi connectivity index (χ0v) is 11.8. The van der Waals surface area contributed by atoms with Crippen LogP contribution in [-0.4, -0.2) is 19.7 Å². The second-order valence-electron chi connectivity index (χ2n) is 5.74. The number of benzene rings is 1. The number of fused-ring (bicyclic) bond motifs is 1. The van der Waals surface area contributed by atoms with Crippen molar-refractivity contribution in [1.29, 1.82) is 5.26 Å². The number of rotatable bonds is 6. The van der Waals surface area contributed by atoms with Gasteiger partial charge < -0.3 is 10.1 Å². The summed E-state index contributed by atoms with van der Waals surface area (Å²) in [6, 6.07) is 8.71. The fourth-order valence-corrected chi connectivity index (χ4v) is 2.40. The minimum atomic E-state index is 0.101. The zero-order valence-electron chi connectivity index (χ0n) is 11.8. The molecule has 0 aliphatic carbocycles. The summed E-state index contributed by atoms with van der Waals surface area (Å²) in [6.07, 6.45) is 2.57. The van der Waals surface area contributed by atoms with Crippen LogP contribution in [0.15, 0.2) is 18.2 Å². The molecular weight excluding hydrogens is 236 g/mol. The van der Waals surface area contributed by atoms with Crippen LogP contribution in [0.25, 0.3) is 0 Å². The molecule has 102 valence electrons. The smallest absolute Gasteiger partial charge is 0.122 e. The summed E-state index contributed by atoms with van der Waals surface area (Å²) < 4.78 is 5.55. The Labute approximate surface area is 115 Å². The maximum absolute atomic E-state index is 8.50. The van der Waals surface area contributed by atoms with Gasteiger partial charge in [-0.3, -0.25) is 0 Å². The molecule has 1 N–H and O–H groups in total. The van der Waals surface area contributed by atoms with E-state index in [4.69, 9.17) is 10.00 Å². The molecule has 1 heterocycles. The van der Waals surface area contributed by atoms with Crippen molar-refractivity contribution >= 4 is 0 Å². The van der Waals surface area contributed by atoms with Crippen LogP contribution in [0.3, 0.4) is 0 Å². The number of hydrogen-bond acceptors (Lipinski definition) is 3. The monoisotopic (exact) mass is 258 g/mol. The number of nitrogens with one attached hydrogen (secondary N) is 1. The van der Waals surface area contributed by atoms with E-state index in [9.17, 15) is 0 Å². The molecule has 0 saturated carbocycles. The molecule has 0 spiro atoms. The fraction of sp³-hybridized carbons (Fsp3) is 0.562. The summed E-state index contributed by atoms with van der Waals surface area (Å²) in [5.41, 5.74) is 2.78. The Bertz CT molecular complexity index is 474. The Kier molecular flexibility index (Phi) is 4.44. The standard InChI is InChI=1S/C16H22N2O/c1-16(2,12-18-9-4-3-8-17)14-5-6-15-13(11-14)7-10-19-15/h5-6,11,18H,3-4,7,9-10,12H2,1-2H3. The lowest BCUT2D eigenvalue weighted by Crippen LogP contribution is -2.33. The fourth-order valence-electron chi connectivity index (χ4n) is 2.40. The van der Waals surface area contributed by atoms with Crippen molar-refractivity contribution in [1.82, 2.24) is 5.32 Å². The minimum absolute atomic E-state index is 0.101. The van der Waals surface area contributed by atoms with E-state index in [1.807, 2.05) is 0 Å². The Hall–Kier alpha value is -1.53. The summed E-state index contributed by atoms with van der Waals surface area (Å²) in [5.74, 6) is 1.04. The lowest BCUT2D eigenvalue weighted by atomic mass is 9.83. The molecule has 0 unspecified atom stereocenters. The van der Waals surface area contributed by atoms with Crippen molar-refractivity contribution in [2.75, 3.05) is 19.7 Å². The van der Waals surface area contributed by atoms with Gasteiger partial charge in [0, 0.05) is 24.8 Å². The van der Waals surface area contributed by atoms with Gasteiger partial charge in [0.05, 0.1) is 12.7 Å². The van der Waals surface area contributed by atoms with Crippen LogP contribution >= 0.6 is 0 Å². The van der Waals surface area contributed by atoms with Crippen molar-refractivity contribution in [3.8, 4) is 11.8 Å². The molecule has 0 atom stereocenters. The molecule has 1 aromatic rings. The summed E-state index contributed by atoms with van der Waals surface area (Å²) in [7, 11) is 0. The Morgan fingerprint density at radius 1 is 1.42 bits per heavy atom. The topological polar surface area (TPSA) is 45.0 Å². The van der Waals surface area contributed by atoms with Crippen molar-refractivity contribution < 1.29 is 4.74 Å². The molecule has 0 aromatic heterocycles. The molecule has 2 rings (SSSR count). The van der Waals surface area contributed by atoms with Crippen molar-refractivity contribution in [3.63, 3.8) is 0 Å². The van der Waals surface area contributed by atoms with E-state index in [-0.39, 0.29) is 5.41 Å².